The van der Waals surface area contributed by atoms with Gasteiger partial charge >= 0.3 is 5.97 Å². The topological polar surface area (TPSA) is 92.9 Å². The lowest BCUT2D eigenvalue weighted by Crippen LogP contribution is -2.51. The molecule has 2 aliphatic rings. The molecule has 6 nitrogen and oxygen atoms in total. The molecule has 1 aliphatic carbocycles. The summed E-state index contributed by atoms with van der Waals surface area (Å²) in [6.07, 6.45) is 6.80. The van der Waals surface area contributed by atoms with Gasteiger partial charge in [0.1, 0.15) is 6.04 Å². The number of hydrogen-bond donors (Lipinski definition) is 2. The number of nitrogens with two attached hydrogens (primary N) is 1. The van der Waals surface area contributed by atoms with Gasteiger partial charge in [-0.25, -0.2) is 4.79 Å². The van der Waals surface area contributed by atoms with Crippen LogP contribution >= 0.6 is 11.8 Å². The first kappa shape index (κ1) is 19.5. The average molecular weight is 359 g/mol. The van der Waals surface area contributed by atoms with Crippen molar-refractivity contribution in [2.45, 2.75) is 62.3 Å². The first-order valence-corrected chi connectivity index (χ1v) is 9.99. The number of nitrogens with zero attached hydrogens (tertiary/aromatic N) is 1. The molecular weight excluding hydrogens is 328 g/mol. The summed E-state index contributed by atoms with van der Waals surface area (Å²) >= 11 is 1.71. The maximum Gasteiger partial charge on any atom is 0.328 e. The van der Waals surface area contributed by atoms with E-state index in [9.17, 15) is 9.59 Å². The second-order valence-corrected chi connectivity index (χ2v) is 8.17. The number of rotatable bonds is 7. The Morgan fingerprint density at radius 2 is 2.04 bits per heavy atom. The maximum absolute atomic E-state index is 12.9. The molecule has 0 aromatic rings. The standard InChI is InChI=1S/C17H30N2O4S/c1-23-17(22)14-10-13(24-9-5-8-20)11-19(14)16(21)15(18)12-6-3-2-4-7-12/h12-15,20H,2-11,18H2,1H3. The van der Waals surface area contributed by atoms with Crippen molar-refractivity contribution in [1.29, 1.82) is 0 Å². The largest absolute Gasteiger partial charge is 0.467 e. The lowest BCUT2D eigenvalue weighted by molar-refractivity contribution is -0.151. The fraction of sp³-hybridized carbons (Fsp3) is 0.882. The Morgan fingerprint density at radius 3 is 2.67 bits per heavy atom. The minimum atomic E-state index is -0.524. The molecule has 7 heteroatoms. The van der Waals surface area contributed by atoms with Crippen LogP contribution in [0.2, 0.25) is 0 Å². The summed E-state index contributed by atoms with van der Waals surface area (Å²) < 4.78 is 4.89. The summed E-state index contributed by atoms with van der Waals surface area (Å²) in [7, 11) is 1.36. The third-order valence-electron chi connectivity index (χ3n) is 5.12. The van der Waals surface area contributed by atoms with E-state index in [1.54, 1.807) is 16.7 Å². The fourth-order valence-corrected chi connectivity index (χ4v) is 4.94. The molecule has 1 aliphatic heterocycles. The summed E-state index contributed by atoms with van der Waals surface area (Å²) in [4.78, 5) is 26.6. The van der Waals surface area contributed by atoms with Crippen LogP contribution in [0.4, 0.5) is 0 Å². The first-order valence-electron chi connectivity index (χ1n) is 8.94. The van der Waals surface area contributed by atoms with Crippen LogP contribution in [0.1, 0.15) is 44.9 Å². The highest BCUT2D eigenvalue weighted by Gasteiger charge is 2.43. The van der Waals surface area contributed by atoms with Gasteiger partial charge in [-0.2, -0.15) is 11.8 Å². The highest BCUT2D eigenvalue weighted by molar-refractivity contribution is 7.99. The zero-order valence-electron chi connectivity index (χ0n) is 14.5. The number of amides is 1. The van der Waals surface area contributed by atoms with Crippen molar-refractivity contribution in [2.24, 2.45) is 11.7 Å². The lowest BCUT2D eigenvalue weighted by Gasteiger charge is -2.31. The van der Waals surface area contributed by atoms with E-state index in [4.69, 9.17) is 15.6 Å². The number of ether oxygens (including phenoxy) is 1. The molecule has 1 saturated heterocycles. The van der Waals surface area contributed by atoms with E-state index in [0.29, 0.717) is 13.0 Å². The highest BCUT2D eigenvalue weighted by Crippen LogP contribution is 2.32. The summed E-state index contributed by atoms with van der Waals surface area (Å²) in [5.74, 6) is 0.587. The van der Waals surface area contributed by atoms with Crippen molar-refractivity contribution < 1.29 is 19.4 Å². The van der Waals surface area contributed by atoms with Crippen LogP contribution in [0.15, 0.2) is 0 Å². The van der Waals surface area contributed by atoms with Gasteiger partial charge in [0.15, 0.2) is 0 Å². The number of aliphatic hydroxyl groups is 1. The van der Waals surface area contributed by atoms with Crippen LogP contribution in [0, 0.1) is 5.92 Å². The monoisotopic (exact) mass is 358 g/mol. The summed E-state index contributed by atoms with van der Waals surface area (Å²) in [6, 6.07) is -1.04. The van der Waals surface area contributed by atoms with Crippen LogP contribution < -0.4 is 5.73 Å². The van der Waals surface area contributed by atoms with E-state index in [1.807, 2.05) is 0 Å². The van der Waals surface area contributed by atoms with Crippen molar-refractivity contribution in [3.63, 3.8) is 0 Å². The molecule has 1 amide bonds. The minimum absolute atomic E-state index is 0.109. The number of aliphatic hydroxyl groups excluding tert-OH is 1. The number of hydrogen-bond acceptors (Lipinski definition) is 6. The van der Waals surface area contributed by atoms with Crippen molar-refractivity contribution in [2.75, 3.05) is 26.0 Å². The predicted molar refractivity (Wildman–Crippen MR) is 94.6 cm³/mol. The van der Waals surface area contributed by atoms with E-state index < -0.39 is 12.1 Å². The molecule has 1 saturated carbocycles. The van der Waals surface area contributed by atoms with Crippen LogP contribution in [-0.4, -0.2) is 65.2 Å². The molecule has 0 radical (unpaired) electrons. The molecule has 2 fully saturated rings. The number of carbonyl (C=O) groups is 2. The van der Waals surface area contributed by atoms with Gasteiger partial charge in [0.05, 0.1) is 13.2 Å². The molecule has 1 heterocycles. The van der Waals surface area contributed by atoms with Gasteiger partial charge in [-0.3, -0.25) is 4.79 Å². The third kappa shape index (κ3) is 4.86. The minimum Gasteiger partial charge on any atom is -0.467 e. The third-order valence-corrected chi connectivity index (χ3v) is 6.46. The maximum atomic E-state index is 12.9. The van der Waals surface area contributed by atoms with Crippen molar-refractivity contribution in [1.82, 2.24) is 4.90 Å². The smallest absolute Gasteiger partial charge is 0.328 e. The molecule has 0 aromatic carbocycles. The summed E-state index contributed by atoms with van der Waals surface area (Å²) in [6.45, 7) is 0.699. The van der Waals surface area contributed by atoms with Gasteiger partial charge in [0.25, 0.3) is 0 Å². The normalized spacial score (nSPS) is 26.4. The lowest BCUT2D eigenvalue weighted by atomic mass is 9.83. The molecular formula is C17H30N2O4S. The van der Waals surface area contributed by atoms with E-state index in [1.165, 1.54) is 13.5 Å². The summed E-state index contributed by atoms with van der Waals surface area (Å²) in [5.41, 5.74) is 6.26. The Bertz CT molecular complexity index is 429. The molecule has 3 atom stereocenters. The molecule has 0 bridgehead atoms. The van der Waals surface area contributed by atoms with Crippen molar-refractivity contribution >= 4 is 23.6 Å². The van der Waals surface area contributed by atoms with E-state index in [-0.39, 0.29) is 29.7 Å². The Balaban J connectivity index is 2.00. The van der Waals surface area contributed by atoms with Gasteiger partial charge in [0.2, 0.25) is 5.91 Å². The SMILES string of the molecule is COC(=O)C1CC(SCCCO)CN1C(=O)C(N)C1CCCCC1. The van der Waals surface area contributed by atoms with Gasteiger partial charge < -0.3 is 20.5 Å². The van der Waals surface area contributed by atoms with Crippen LogP contribution in [0.25, 0.3) is 0 Å². The van der Waals surface area contributed by atoms with Gasteiger partial charge in [-0.1, -0.05) is 19.3 Å². The number of thioether (sulfide) groups is 1. The van der Waals surface area contributed by atoms with Crippen LogP contribution in [0.5, 0.6) is 0 Å². The van der Waals surface area contributed by atoms with Crippen molar-refractivity contribution in [3.05, 3.63) is 0 Å². The summed E-state index contributed by atoms with van der Waals surface area (Å²) in [5, 5.41) is 9.10. The van der Waals surface area contributed by atoms with Crippen LogP contribution in [0.3, 0.4) is 0 Å². The van der Waals surface area contributed by atoms with Gasteiger partial charge in [-0.15, -0.1) is 0 Å². The number of carbonyl (C=O) groups excluding carboxylic acids is 2. The molecule has 3 unspecified atom stereocenters. The second-order valence-electron chi connectivity index (χ2n) is 6.76. The zero-order valence-corrected chi connectivity index (χ0v) is 15.3. The number of likely N-dealkylation sites (tertiary alicyclic amines) is 1. The van der Waals surface area contributed by atoms with Gasteiger partial charge in [-0.05, 0) is 37.4 Å². The molecule has 2 rings (SSSR count). The second kappa shape index (κ2) is 9.63. The zero-order chi connectivity index (χ0) is 17.5. The average Bonchev–Trinajstić information content (AvgIpc) is 3.05. The Hall–Kier alpha value is -0.790. The molecule has 138 valence electrons. The Morgan fingerprint density at radius 1 is 1.33 bits per heavy atom. The quantitative estimate of drug-likeness (QED) is 0.524. The number of esters is 1. The van der Waals surface area contributed by atoms with E-state index in [2.05, 4.69) is 0 Å². The van der Waals surface area contributed by atoms with Crippen LogP contribution in [-0.2, 0) is 14.3 Å². The molecule has 3 N–H and O–H groups in total. The predicted octanol–water partition coefficient (Wildman–Crippen LogP) is 1.15. The molecule has 0 spiro atoms. The number of methoxy groups -OCH3 is 1. The van der Waals surface area contributed by atoms with E-state index in [0.717, 1.165) is 37.9 Å². The fourth-order valence-electron chi connectivity index (χ4n) is 3.72. The molecule has 24 heavy (non-hydrogen) atoms. The Labute approximate surface area is 148 Å². The first-order chi connectivity index (χ1) is 11.6. The molecule has 0 aromatic heterocycles. The van der Waals surface area contributed by atoms with E-state index >= 15 is 0 Å². The Kier molecular flexibility index (Phi) is 7.84. The van der Waals surface area contributed by atoms with Crippen molar-refractivity contribution in [3.8, 4) is 0 Å². The highest BCUT2D eigenvalue weighted by atomic mass is 32.2. The van der Waals surface area contributed by atoms with Gasteiger partial charge in [0, 0.05) is 18.4 Å².